The van der Waals surface area contributed by atoms with Gasteiger partial charge in [0.05, 0.1) is 24.5 Å². The Morgan fingerprint density at radius 2 is 1.72 bits per heavy atom. The third kappa shape index (κ3) is 4.98. The molecular formula is C22H29N5O4S. The van der Waals surface area contributed by atoms with Crippen LogP contribution in [0.1, 0.15) is 36.8 Å². The normalized spacial score (nSPS) is 19.6. The van der Waals surface area contributed by atoms with E-state index in [1.165, 1.54) is 21.7 Å². The number of para-hydroxylation sites is 1. The summed E-state index contributed by atoms with van der Waals surface area (Å²) in [4.78, 5) is 29.7. The Balaban J connectivity index is 1.92. The van der Waals surface area contributed by atoms with Crippen molar-refractivity contribution in [3.8, 4) is 0 Å². The van der Waals surface area contributed by atoms with Crippen molar-refractivity contribution in [1.29, 1.82) is 0 Å². The van der Waals surface area contributed by atoms with E-state index in [9.17, 15) is 18.0 Å². The molecule has 2 atom stereocenters. The molecule has 1 aliphatic rings. The van der Waals surface area contributed by atoms with Crippen molar-refractivity contribution in [3.05, 3.63) is 59.9 Å². The van der Waals surface area contributed by atoms with Crippen LogP contribution in [0, 0.1) is 0 Å². The molecule has 1 aromatic carbocycles. The highest BCUT2D eigenvalue weighted by Crippen LogP contribution is 2.26. The zero-order valence-electron chi connectivity index (χ0n) is 18.5. The fourth-order valence-electron chi connectivity index (χ4n) is 4.07. The number of nitrogens with zero attached hydrogens (tertiary/aromatic N) is 4. The first kappa shape index (κ1) is 23.8. The topological polar surface area (TPSA) is 117 Å². The van der Waals surface area contributed by atoms with E-state index in [-0.39, 0.29) is 50.0 Å². The number of amides is 1. The number of piperazine rings is 1. The van der Waals surface area contributed by atoms with E-state index >= 15 is 0 Å². The zero-order valence-corrected chi connectivity index (χ0v) is 19.3. The van der Waals surface area contributed by atoms with Gasteiger partial charge in [0, 0.05) is 43.9 Å². The number of hydrogen-bond donors (Lipinski definition) is 1. The van der Waals surface area contributed by atoms with Crippen LogP contribution in [0.3, 0.4) is 0 Å². The average molecular weight is 460 g/mol. The lowest BCUT2D eigenvalue weighted by molar-refractivity contribution is -0.135. The molecule has 0 aliphatic carbocycles. The molecule has 0 bridgehead atoms. The summed E-state index contributed by atoms with van der Waals surface area (Å²) < 4.78 is 30.2. The van der Waals surface area contributed by atoms with Gasteiger partial charge in [-0.2, -0.15) is 12.7 Å². The fourth-order valence-corrected chi connectivity index (χ4v) is 5.84. The van der Waals surface area contributed by atoms with Gasteiger partial charge in [0.15, 0.2) is 5.78 Å². The zero-order chi connectivity index (χ0) is 23.5. The molecule has 0 radical (unpaired) electrons. The van der Waals surface area contributed by atoms with Crippen molar-refractivity contribution in [2.24, 2.45) is 5.73 Å². The van der Waals surface area contributed by atoms with Crippen LogP contribution in [-0.4, -0.2) is 66.0 Å². The lowest BCUT2D eigenvalue weighted by Gasteiger charge is -2.44. The molecule has 1 amide bonds. The van der Waals surface area contributed by atoms with Crippen molar-refractivity contribution in [2.75, 3.05) is 23.9 Å². The molecule has 0 spiro atoms. The van der Waals surface area contributed by atoms with Crippen molar-refractivity contribution in [1.82, 2.24) is 14.2 Å². The Kier molecular flexibility index (Phi) is 7.27. The number of anilines is 1. The van der Waals surface area contributed by atoms with Crippen molar-refractivity contribution in [2.45, 2.75) is 39.4 Å². The van der Waals surface area contributed by atoms with Gasteiger partial charge in [-0.25, -0.2) is 0 Å². The molecule has 2 aromatic rings. The molecule has 1 aromatic heterocycles. The van der Waals surface area contributed by atoms with E-state index in [4.69, 9.17) is 5.73 Å². The first-order valence-electron chi connectivity index (χ1n) is 10.4. The number of hydrogen-bond acceptors (Lipinski definition) is 6. The molecule has 1 fully saturated rings. The molecule has 9 nitrogen and oxygen atoms in total. The molecule has 2 N–H and O–H groups in total. The number of ketones is 1. The van der Waals surface area contributed by atoms with Gasteiger partial charge in [0.2, 0.25) is 5.91 Å². The van der Waals surface area contributed by atoms with E-state index < -0.39 is 10.2 Å². The summed E-state index contributed by atoms with van der Waals surface area (Å²) in [5.74, 6) is -0.304. The van der Waals surface area contributed by atoms with Gasteiger partial charge in [0.1, 0.15) is 0 Å². The van der Waals surface area contributed by atoms with Gasteiger partial charge < -0.3 is 10.6 Å². The number of carbonyl (C=O) groups is 2. The number of benzene rings is 1. The fraction of sp³-hybridized carbons (Fsp3) is 0.409. The number of pyridine rings is 1. The second-order valence-corrected chi connectivity index (χ2v) is 9.81. The Morgan fingerprint density at radius 1 is 1.09 bits per heavy atom. The molecule has 0 saturated carbocycles. The molecule has 10 heteroatoms. The highest BCUT2D eigenvalue weighted by atomic mass is 32.2. The van der Waals surface area contributed by atoms with Gasteiger partial charge in [-0.3, -0.25) is 18.9 Å². The predicted molar refractivity (Wildman–Crippen MR) is 122 cm³/mol. The SMILES string of the molecule is CC(=O)N1[C@H](C)CN(S(=O)(=O)N(Cc2ccc(C(=O)CN)cn2)c2ccccc2)C[C@@H]1C. The van der Waals surface area contributed by atoms with Crippen molar-refractivity contribution < 1.29 is 18.0 Å². The summed E-state index contributed by atoms with van der Waals surface area (Å²) in [6.45, 7) is 5.48. The lowest BCUT2D eigenvalue weighted by Crippen LogP contribution is -2.61. The summed E-state index contributed by atoms with van der Waals surface area (Å²) in [5.41, 5.74) is 6.78. The monoisotopic (exact) mass is 459 g/mol. The van der Waals surface area contributed by atoms with E-state index in [0.29, 0.717) is 16.9 Å². The summed E-state index contributed by atoms with van der Waals surface area (Å²) in [5, 5.41) is 0. The predicted octanol–water partition coefficient (Wildman–Crippen LogP) is 1.42. The number of Topliss-reactive ketones (excluding diaryl/α,β-unsaturated/α-hetero) is 1. The summed E-state index contributed by atoms with van der Waals surface area (Å²) in [6, 6.07) is 11.5. The van der Waals surface area contributed by atoms with Crippen LogP contribution in [0.5, 0.6) is 0 Å². The molecule has 3 rings (SSSR count). The first-order valence-corrected chi connectivity index (χ1v) is 11.8. The maximum absolute atomic E-state index is 13.7. The molecule has 32 heavy (non-hydrogen) atoms. The largest absolute Gasteiger partial charge is 0.335 e. The van der Waals surface area contributed by atoms with Crippen LogP contribution < -0.4 is 10.0 Å². The Morgan fingerprint density at radius 3 is 2.22 bits per heavy atom. The smallest absolute Gasteiger partial charge is 0.304 e. The summed E-state index contributed by atoms with van der Waals surface area (Å²) >= 11 is 0. The standard InChI is InChI=1S/C22H29N5O4S/c1-16-13-25(14-17(2)27(16)18(3)28)32(30,31)26(21-7-5-4-6-8-21)15-20-10-9-19(12-24-20)22(29)11-23/h4-10,12,16-17H,11,13-15,23H2,1-3H3/t16-,17+. The van der Waals surface area contributed by atoms with Crippen molar-refractivity contribution >= 4 is 27.6 Å². The van der Waals surface area contributed by atoms with E-state index in [0.717, 1.165) is 0 Å². The first-order chi connectivity index (χ1) is 15.1. The number of rotatable bonds is 7. The van der Waals surface area contributed by atoms with Crippen molar-refractivity contribution in [3.63, 3.8) is 0 Å². The average Bonchev–Trinajstić information content (AvgIpc) is 2.77. The molecular weight excluding hydrogens is 430 g/mol. The van der Waals surface area contributed by atoms with Gasteiger partial charge in [0.25, 0.3) is 0 Å². The molecule has 0 unspecified atom stereocenters. The van der Waals surface area contributed by atoms with E-state index in [1.54, 1.807) is 41.3 Å². The lowest BCUT2D eigenvalue weighted by atomic mass is 10.1. The number of nitrogens with two attached hydrogens (primary N) is 1. The minimum absolute atomic E-state index is 0.000866. The maximum atomic E-state index is 13.7. The number of aromatic nitrogens is 1. The summed E-state index contributed by atoms with van der Waals surface area (Å²) in [7, 11) is -3.92. The van der Waals surface area contributed by atoms with Gasteiger partial charge in [-0.1, -0.05) is 18.2 Å². The third-order valence-electron chi connectivity index (χ3n) is 5.54. The molecule has 172 valence electrons. The van der Waals surface area contributed by atoms with Crippen LogP contribution in [0.2, 0.25) is 0 Å². The van der Waals surface area contributed by atoms with Crippen LogP contribution in [0.25, 0.3) is 0 Å². The van der Waals surface area contributed by atoms with Crippen LogP contribution in [-0.2, 0) is 21.5 Å². The molecule has 2 heterocycles. The van der Waals surface area contributed by atoms with Gasteiger partial charge in [-0.05, 0) is 38.1 Å². The van der Waals surface area contributed by atoms with E-state index in [1.807, 2.05) is 19.9 Å². The minimum atomic E-state index is -3.92. The second kappa shape index (κ2) is 9.76. The third-order valence-corrected chi connectivity index (χ3v) is 7.38. The van der Waals surface area contributed by atoms with Crippen LogP contribution in [0.4, 0.5) is 5.69 Å². The Hall–Kier alpha value is -2.82. The highest BCUT2D eigenvalue weighted by molar-refractivity contribution is 7.90. The minimum Gasteiger partial charge on any atom is -0.335 e. The van der Waals surface area contributed by atoms with E-state index in [2.05, 4.69) is 4.98 Å². The summed E-state index contributed by atoms with van der Waals surface area (Å²) in [6.07, 6.45) is 1.41. The molecule has 1 saturated heterocycles. The van der Waals surface area contributed by atoms with Gasteiger partial charge in [-0.15, -0.1) is 0 Å². The second-order valence-electron chi connectivity index (χ2n) is 7.96. The van der Waals surface area contributed by atoms with Crippen LogP contribution in [0.15, 0.2) is 48.7 Å². The highest BCUT2D eigenvalue weighted by Gasteiger charge is 2.39. The maximum Gasteiger partial charge on any atom is 0.304 e. The van der Waals surface area contributed by atoms with Gasteiger partial charge >= 0.3 is 10.2 Å². The Labute approximate surface area is 189 Å². The van der Waals surface area contributed by atoms with Crippen LogP contribution >= 0.6 is 0 Å². The quantitative estimate of drug-likeness (QED) is 0.626. The molecule has 1 aliphatic heterocycles. The number of carbonyl (C=O) groups excluding carboxylic acids is 2. The Bertz CT molecular complexity index is 1050.